The summed E-state index contributed by atoms with van der Waals surface area (Å²) in [5, 5.41) is 8.23. The third-order valence-corrected chi connectivity index (χ3v) is 4.43. The highest BCUT2D eigenvalue weighted by atomic mass is 15.2. The Bertz CT molecular complexity index is 542. The summed E-state index contributed by atoms with van der Waals surface area (Å²) in [6, 6.07) is 0.428. The van der Waals surface area contributed by atoms with E-state index >= 15 is 0 Å². The fraction of sp³-hybridized carbons (Fsp3) is 0.625. The average molecular weight is 272 g/mol. The molecule has 1 aliphatic carbocycles. The van der Waals surface area contributed by atoms with Crippen molar-refractivity contribution < 1.29 is 0 Å². The van der Waals surface area contributed by atoms with Crippen LogP contribution in [0.15, 0.2) is 24.8 Å². The first-order valence-corrected chi connectivity index (χ1v) is 7.90. The Kier molecular flexibility index (Phi) is 4.31. The Morgan fingerprint density at radius 2 is 2.15 bits per heavy atom. The van der Waals surface area contributed by atoms with Crippen molar-refractivity contribution in [3.8, 4) is 0 Å². The second kappa shape index (κ2) is 6.35. The van der Waals surface area contributed by atoms with Gasteiger partial charge in [-0.3, -0.25) is 4.98 Å². The van der Waals surface area contributed by atoms with Crippen LogP contribution >= 0.6 is 0 Å². The van der Waals surface area contributed by atoms with Crippen molar-refractivity contribution in [3.05, 3.63) is 30.4 Å². The number of fused-ring (bicyclic) bond motifs is 1. The van der Waals surface area contributed by atoms with Crippen molar-refractivity contribution >= 4 is 5.52 Å². The molecule has 108 valence electrons. The topological polar surface area (TPSA) is 42.2 Å². The molecule has 4 heteroatoms. The van der Waals surface area contributed by atoms with Gasteiger partial charge < -0.3 is 5.32 Å². The maximum atomic E-state index is 4.48. The van der Waals surface area contributed by atoms with E-state index < -0.39 is 0 Å². The summed E-state index contributed by atoms with van der Waals surface area (Å²) in [6.45, 7) is 3.29. The average Bonchev–Trinajstić information content (AvgIpc) is 2.93. The monoisotopic (exact) mass is 272 g/mol. The second-order valence-electron chi connectivity index (χ2n) is 5.84. The van der Waals surface area contributed by atoms with Crippen LogP contribution in [0.1, 0.15) is 57.1 Å². The summed E-state index contributed by atoms with van der Waals surface area (Å²) in [6.07, 6.45) is 15.6. The highest BCUT2D eigenvalue weighted by Crippen LogP contribution is 2.35. The molecule has 0 aliphatic heterocycles. The van der Waals surface area contributed by atoms with E-state index in [-0.39, 0.29) is 0 Å². The van der Waals surface area contributed by atoms with Gasteiger partial charge in [0.2, 0.25) is 0 Å². The zero-order valence-electron chi connectivity index (χ0n) is 12.3. The molecule has 0 aromatic carbocycles. The molecule has 3 rings (SSSR count). The predicted octanol–water partition coefficient (Wildman–Crippen LogP) is 3.35. The minimum Gasteiger partial charge on any atom is -0.310 e. The fourth-order valence-corrected chi connectivity index (χ4v) is 3.39. The van der Waals surface area contributed by atoms with E-state index in [1.54, 1.807) is 6.20 Å². The molecule has 0 saturated heterocycles. The number of nitrogens with zero attached hydrogens (tertiary/aromatic N) is 3. The molecule has 0 radical (unpaired) electrons. The normalized spacial score (nSPS) is 18.4. The van der Waals surface area contributed by atoms with Gasteiger partial charge in [-0.25, -0.2) is 4.52 Å². The summed E-state index contributed by atoms with van der Waals surface area (Å²) in [5.74, 6) is 0.739. The van der Waals surface area contributed by atoms with Crippen LogP contribution in [0.4, 0.5) is 0 Å². The number of nitrogens with one attached hydrogen (secondary N) is 1. The molecule has 1 unspecified atom stereocenters. The van der Waals surface area contributed by atoms with Crippen LogP contribution in [0.2, 0.25) is 0 Å². The summed E-state index contributed by atoms with van der Waals surface area (Å²) >= 11 is 0. The van der Waals surface area contributed by atoms with Gasteiger partial charge in [-0.15, -0.1) is 0 Å². The zero-order valence-corrected chi connectivity index (χ0v) is 12.3. The van der Waals surface area contributed by atoms with E-state index in [9.17, 15) is 0 Å². The third-order valence-electron chi connectivity index (χ3n) is 4.43. The molecule has 0 spiro atoms. The van der Waals surface area contributed by atoms with E-state index in [1.165, 1.54) is 44.1 Å². The Morgan fingerprint density at radius 3 is 2.95 bits per heavy atom. The van der Waals surface area contributed by atoms with Crippen molar-refractivity contribution in [3.63, 3.8) is 0 Å². The minimum atomic E-state index is 0.428. The van der Waals surface area contributed by atoms with Gasteiger partial charge in [0, 0.05) is 24.0 Å². The van der Waals surface area contributed by atoms with Gasteiger partial charge in [-0.1, -0.05) is 26.2 Å². The van der Waals surface area contributed by atoms with E-state index in [2.05, 4.69) is 22.3 Å². The zero-order chi connectivity index (χ0) is 13.8. The fourth-order valence-electron chi connectivity index (χ4n) is 3.39. The standard InChI is InChI=1S/C16H24N4/c1-2-8-18-16(13-6-4-3-5-7-13)14-11-19-20-10-9-17-12-15(14)20/h9-13,16,18H,2-8H2,1H3. The van der Waals surface area contributed by atoms with E-state index in [0.29, 0.717) is 6.04 Å². The summed E-state index contributed by atoms with van der Waals surface area (Å²) in [5.41, 5.74) is 2.46. The molecule has 1 N–H and O–H groups in total. The van der Waals surface area contributed by atoms with E-state index in [4.69, 9.17) is 0 Å². The van der Waals surface area contributed by atoms with Gasteiger partial charge in [-0.2, -0.15) is 5.10 Å². The van der Waals surface area contributed by atoms with Crippen molar-refractivity contribution in [2.45, 2.75) is 51.5 Å². The summed E-state index contributed by atoms with van der Waals surface area (Å²) < 4.78 is 1.94. The van der Waals surface area contributed by atoms with Crippen LogP contribution in [0, 0.1) is 5.92 Å². The Hall–Kier alpha value is -1.42. The molecular formula is C16H24N4. The van der Waals surface area contributed by atoms with Gasteiger partial charge in [0.15, 0.2) is 0 Å². The van der Waals surface area contributed by atoms with Gasteiger partial charge >= 0.3 is 0 Å². The first kappa shape index (κ1) is 13.6. The maximum Gasteiger partial charge on any atom is 0.0892 e. The Labute approximate surface area is 120 Å². The lowest BCUT2D eigenvalue weighted by Gasteiger charge is -2.30. The molecule has 1 fully saturated rings. The van der Waals surface area contributed by atoms with Crippen LogP contribution in [0.25, 0.3) is 5.52 Å². The van der Waals surface area contributed by atoms with Crippen molar-refractivity contribution in [1.29, 1.82) is 0 Å². The number of hydrogen-bond acceptors (Lipinski definition) is 3. The Balaban J connectivity index is 1.90. The van der Waals surface area contributed by atoms with Crippen molar-refractivity contribution in [1.82, 2.24) is 19.9 Å². The molecule has 1 aliphatic rings. The highest BCUT2D eigenvalue weighted by Gasteiger charge is 2.26. The van der Waals surface area contributed by atoms with Crippen molar-refractivity contribution in [2.75, 3.05) is 6.54 Å². The van der Waals surface area contributed by atoms with Crippen LogP contribution in [0.3, 0.4) is 0 Å². The molecule has 20 heavy (non-hydrogen) atoms. The van der Waals surface area contributed by atoms with Gasteiger partial charge in [0.05, 0.1) is 17.9 Å². The van der Waals surface area contributed by atoms with Crippen LogP contribution in [-0.2, 0) is 0 Å². The SMILES string of the molecule is CCCNC(c1cnn2ccncc12)C1CCCCC1. The lowest BCUT2D eigenvalue weighted by Crippen LogP contribution is -2.30. The first-order valence-electron chi connectivity index (χ1n) is 7.90. The number of hydrogen-bond donors (Lipinski definition) is 1. The smallest absolute Gasteiger partial charge is 0.0892 e. The maximum absolute atomic E-state index is 4.48. The van der Waals surface area contributed by atoms with E-state index in [1.807, 2.05) is 23.1 Å². The van der Waals surface area contributed by atoms with Crippen LogP contribution < -0.4 is 5.32 Å². The molecule has 0 bridgehead atoms. The number of rotatable bonds is 5. The second-order valence-corrected chi connectivity index (χ2v) is 5.84. The Morgan fingerprint density at radius 1 is 1.30 bits per heavy atom. The lowest BCUT2D eigenvalue weighted by molar-refractivity contribution is 0.273. The van der Waals surface area contributed by atoms with Crippen LogP contribution in [0.5, 0.6) is 0 Å². The molecule has 4 nitrogen and oxygen atoms in total. The summed E-state index contributed by atoms with van der Waals surface area (Å²) in [4.78, 5) is 4.26. The molecule has 2 heterocycles. The van der Waals surface area contributed by atoms with E-state index in [0.717, 1.165) is 18.0 Å². The van der Waals surface area contributed by atoms with Gasteiger partial charge in [0.1, 0.15) is 0 Å². The minimum absolute atomic E-state index is 0.428. The number of aromatic nitrogens is 3. The first-order chi connectivity index (χ1) is 9.90. The quantitative estimate of drug-likeness (QED) is 0.907. The molecular weight excluding hydrogens is 248 g/mol. The predicted molar refractivity (Wildman–Crippen MR) is 80.6 cm³/mol. The molecule has 1 atom stereocenters. The molecule has 1 saturated carbocycles. The van der Waals surface area contributed by atoms with Crippen LogP contribution in [-0.4, -0.2) is 21.1 Å². The molecule has 2 aromatic heterocycles. The highest BCUT2D eigenvalue weighted by molar-refractivity contribution is 5.53. The lowest BCUT2D eigenvalue weighted by atomic mass is 9.81. The van der Waals surface area contributed by atoms with Crippen molar-refractivity contribution in [2.24, 2.45) is 5.92 Å². The van der Waals surface area contributed by atoms with Gasteiger partial charge in [-0.05, 0) is 31.7 Å². The third kappa shape index (κ3) is 2.70. The molecule has 2 aromatic rings. The molecule has 0 amide bonds. The largest absolute Gasteiger partial charge is 0.310 e. The van der Waals surface area contributed by atoms with Gasteiger partial charge in [0.25, 0.3) is 0 Å². The summed E-state index contributed by atoms with van der Waals surface area (Å²) in [7, 11) is 0.